The van der Waals surface area contributed by atoms with Crippen LogP contribution in [0.5, 0.6) is 5.75 Å². The third-order valence-electron chi connectivity index (χ3n) is 3.47. The topological polar surface area (TPSA) is 51.2 Å². The number of nitrogens with zero attached hydrogens (tertiary/aromatic N) is 1. The van der Waals surface area contributed by atoms with E-state index >= 15 is 0 Å². The Morgan fingerprint density at radius 3 is 3.00 bits per heavy atom. The van der Waals surface area contributed by atoms with Gasteiger partial charge in [-0.3, -0.25) is 9.78 Å². The van der Waals surface area contributed by atoms with Crippen molar-refractivity contribution in [1.29, 1.82) is 0 Å². The summed E-state index contributed by atoms with van der Waals surface area (Å²) in [5, 5.41) is 3.03. The van der Waals surface area contributed by atoms with Gasteiger partial charge in [-0.2, -0.15) is 0 Å². The van der Waals surface area contributed by atoms with E-state index in [2.05, 4.69) is 10.3 Å². The molecule has 20 heavy (non-hydrogen) atoms. The minimum atomic E-state index is -0.119. The van der Waals surface area contributed by atoms with E-state index in [9.17, 15) is 4.79 Å². The quantitative estimate of drug-likeness (QED) is 0.926. The monoisotopic (exact) mass is 268 g/mol. The summed E-state index contributed by atoms with van der Waals surface area (Å²) in [6.45, 7) is 1.07. The number of benzene rings is 1. The van der Waals surface area contributed by atoms with Crippen LogP contribution in [0.3, 0.4) is 0 Å². The van der Waals surface area contributed by atoms with Crippen molar-refractivity contribution in [1.82, 2.24) is 10.3 Å². The van der Waals surface area contributed by atoms with Crippen LogP contribution in [0.1, 0.15) is 10.4 Å². The minimum absolute atomic E-state index is 0.119. The van der Waals surface area contributed by atoms with Crippen molar-refractivity contribution in [2.75, 3.05) is 20.2 Å². The molecule has 1 aliphatic heterocycles. The van der Waals surface area contributed by atoms with Crippen LogP contribution in [0.2, 0.25) is 0 Å². The normalized spacial score (nSPS) is 17.4. The van der Waals surface area contributed by atoms with Crippen molar-refractivity contribution in [3.8, 4) is 17.0 Å². The average molecular weight is 268 g/mol. The molecule has 2 heterocycles. The van der Waals surface area contributed by atoms with Crippen molar-refractivity contribution in [2.45, 2.75) is 0 Å². The van der Waals surface area contributed by atoms with Gasteiger partial charge in [0.2, 0.25) is 0 Å². The lowest BCUT2D eigenvalue weighted by Gasteiger charge is -2.24. The molecule has 4 nitrogen and oxygen atoms in total. The van der Waals surface area contributed by atoms with Crippen LogP contribution in [0.4, 0.5) is 0 Å². The second kappa shape index (κ2) is 5.43. The molecule has 1 aliphatic rings. The van der Waals surface area contributed by atoms with Gasteiger partial charge in [0.15, 0.2) is 5.78 Å². The number of carbonyl (C=O) groups is 1. The SMILES string of the molecule is CNCC1COc2ccc(-c3ccccn3)cc2C1=O. The molecule has 0 spiro atoms. The molecule has 0 saturated carbocycles. The lowest BCUT2D eigenvalue weighted by atomic mass is 9.93. The van der Waals surface area contributed by atoms with Gasteiger partial charge in [-0.15, -0.1) is 0 Å². The predicted molar refractivity (Wildman–Crippen MR) is 76.9 cm³/mol. The summed E-state index contributed by atoms with van der Waals surface area (Å²) < 4.78 is 5.67. The van der Waals surface area contributed by atoms with Gasteiger partial charge < -0.3 is 10.1 Å². The lowest BCUT2D eigenvalue weighted by molar-refractivity contribution is 0.0832. The summed E-state index contributed by atoms with van der Waals surface area (Å²) in [6, 6.07) is 11.4. The van der Waals surface area contributed by atoms with E-state index in [0.717, 1.165) is 11.3 Å². The molecule has 0 saturated heterocycles. The van der Waals surface area contributed by atoms with Crippen LogP contribution in [0, 0.1) is 5.92 Å². The number of Topliss-reactive ketones (excluding diaryl/α,β-unsaturated/α-hetero) is 1. The van der Waals surface area contributed by atoms with Gasteiger partial charge in [-0.05, 0) is 37.4 Å². The van der Waals surface area contributed by atoms with E-state index in [4.69, 9.17) is 4.74 Å². The van der Waals surface area contributed by atoms with Crippen molar-refractivity contribution >= 4 is 5.78 Å². The van der Waals surface area contributed by atoms with Crippen LogP contribution in [-0.2, 0) is 0 Å². The number of carbonyl (C=O) groups excluding carboxylic acids is 1. The first kappa shape index (κ1) is 12.8. The van der Waals surface area contributed by atoms with Crippen LogP contribution in [0.25, 0.3) is 11.3 Å². The number of hydrogen-bond donors (Lipinski definition) is 1. The van der Waals surface area contributed by atoms with Crippen LogP contribution >= 0.6 is 0 Å². The highest BCUT2D eigenvalue weighted by molar-refractivity contribution is 6.02. The highest BCUT2D eigenvalue weighted by Crippen LogP contribution is 2.31. The van der Waals surface area contributed by atoms with Crippen LogP contribution < -0.4 is 10.1 Å². The maximum absolute atomic E-state index is 12.4. The molecule has 102 valence electrons. The van der Waals surface area contributed by atoms with Crippen molar-refractivity contribution in [3.05, 3.63) is 48.2 Å². The average Bonchev–Trinajstić information content (AvgIpc) is 2.51. The Labute approximate surface area is 117 Å². The second-order valence-electron chi connectivity index (χ2n) is 4.86. The van der Waals surface area contributed by atoms with E-state index in [1.54, 1.807) is 6.20 Å². The molecule has 0 fully saturated rings. The number of aromatic nitrogens is 1. The Kier molecular flexibility index (Phi) is 3.48. The molecule has 1 N–H and O–H groups in total. The van der Waals surface area contributed by atoms with E-state index in [-0.39, 0.29) is 11.7 Å². The molecule has 1 aromatic heterocycles. The maximum Gasteiger partial charge on any atom is 0.174 e. The molecule has 0 amide bonds. The molecule has 0 aliphatic carbocycles. The predicted octanol–water partition coefficient (Wildman–Crippen LogP) is 2.16. The van der Waals surface area contributed by atoms with E-state index in [1.165, 1.54) is 0 Å². The van der Waals surface area contributed by atoms with E-state index in [0.29, 0.717) is 24.5 Å². The third-order valence-corrected chi connectivity index (χ3v) is 3.47. The largest absolute Gasteiger partial charge is 0.492 e. The summed E-state index contributed by atoms with van der Waals surface area (Å²) in [5.74, 6) is 0.687. The highest BCUT2D eigenvalue weighted by atomic mass is 16.5. The van der Waals surface area contributed by atoms with Gasteiger partial charge in [0.1, 0.15) is 5.75 Å². The minimum Gasteiger partial charge on any atom is -0.492 e. The summed E-state index contributed by atoms with van der Waals surface area (Å²) in [6.07, 6.45) is 1.75. The highest BCUT2D eigenvalue weighted by Gasteiger charge is 2.28. The molecule has 1 unspecified atom stereocenters. The molecular weight excluding hydrogens is 252 g/mol. The Hall–Kier alpha value is -2.20. The first-order chi connectivity index (χ1) is 9.79. The number of ether oxygens (including phenoxy) is 1. The summed E-state index contributed by atoms with van der Waals surface area (Å²) in [7, 11) is 1.84. The number of rotatable bonds is 3. The summed E-state index contributed by atoms with van der Waals surface area (Å²) >= 11 is 0. The number of ketones is 1. The van der Waals surface area contributed by atoms with Crippen molar-refractivity contribution in [3.63, 3.8) is 0 Å². The Morgan fingerprint density at radius 1 is 1.35 bits per heavy atom. The third kappa shape index (κ3) is 2.30. The molecule has 0 bridgehead atoms. The van der Waals surface area contributed by atoms with Gasteiger partial charge in [0.25, 0.3) is 0 Å². The summed E-state index contributed by atoms with van der Waals surface area (Å²) in [4.78, 5) is 16.8. The number of nitrogens with one attached hydrogen (secondary N) is 1. The fourth-order valence-electron chi connectivity index (χ4n) is 2.43. The van der Waals surface area contributed by atoms with Gasteiger partial charge in [0.05, 0.1) is 23.8 Å². The first-order valence-electron chi connectivity index (χ1n) is 6.66. The van der Waals surface area contributed by atoms with Crippen molar-refractivity contribution < 1.29 is 9.53 Å². The number of pyridine rings is 1. The lowest BCUT2D eigenvalue weighted by Crippen LogP contribution is -2.34. The zero-order valence-electron chi connectivity index (χ0n) is 11.3. The van der Waals surface area contributed by atoms with Gasteiger partial charge in [-0.25, -0.2) is 0 Å². The molecule has 4 heteroatoms. The molecule has 1 atom stereocenters. The van der Waals surface area contributed by atoms with Gasteiger partial charge in [-0.1, -0.05) is 6.07 Å². The first-order valence-corrected chi connectivity index (χ1v) is 6.66. The molecule has 0 radical (unpaired) electrons. The zero-order valence-corrected chi connectivity index (χ0v) is 11.3. The Balaban J connectivity index is 1.98. The Bertz CT molecular complexity index is 626. The van der Waals surface area contributed by atoms with E-state index in [1.807, 2.05) is 43.4 Å². The number of fused-ring (bicyclic) bond motifs is 1. The summed E-state index contributed by atoms with van der Waals surface area (Å²) in [5.41, 5.74) is 2.45. The molecule has 1 aromatic carbocycles. The smallest absolute Gasteiger partial charge is 0.174 e. The van der Waals surface area contributed by atoms with Gasteiger partial charge >= 0.3 is 0 Å². The van der Waals surface area contributed by atoms with Gasteiger partial charge in [0, 0.05) is 18.3 Å². The second-order valence-corrected chi connectivity index (χ2v) is 4.86. The maximum atomic E-state index is 12.4. The zero-order chi connectivity index (χ0) is 13.9. The van der Waals surface area contributed by atoms with Crippen LogP contribution in [-0.4, -0.2) is 31.0 Å². The van der Waals surface area contributed by atoms with Crippen LogP contribution in [0.15, 0.2) is 42.6 Å². The molecular formula is C16H16N2O2. The fraction of sp³-hybridized carbons (Fsp3) is 0.250. The fourth-order valence-corrected chi connectivity index (χ4v) is 2.43. The van der Waals surface area contributed by atoms with E-state index < -0.39 is 0 Å². The standard InChI is InChI=1S/C16H16N2O2/c1-17-9-12-10-20-15-6-5-11(8-13(15)16(12)19)14-4-2-3-7-18-14/h2-8,12,17H,9-10H2,1H3. The molecule has 2 aromatic rings. The molecule has 3 rings (SSSR count). The Morgan fingerprint density at radius 2 is 2.25 bits per heavy atom. The number of hydrogen-bond acceptors (Lipinski definition) is 4. The van der Waals surface area contributed by atoms with Crippen molar-refractivity contribution in [2.24, 2.45) is 5.92 Å².